The molecule has 6 atom stereocenters. The van der Waals surface area contributed by atoms with Crippen molar-refractivity contribution in [2.75, 3.05) is 13.2 Å². The number of aliphatic hydroxyl groups is 3. The predicted molar refractivity (Wildman–Crippen MR) is 114 cm³/mol. The van der Waals surface area contributed by atoms with Gasteiger partial charge in [-0.1, -0.05) is 6.08 Å². The van der Waals surface area contributed by atoms with Crippen LogP contribution >= 0.6 is 0 Å². The Morgan fingerprint density at radius 2 is 1.47 bits per heavy atom. The number of alkyl halides is 1. The number of aromatic amines is 2. The summed E-state index contributed by atoms with van der Waals surface area (Å²) in [6, 6.07) is 0. The molecule has 0 saturated carbocycles. The maximum atomic E-state index is 13.8. The standard InChI is InChI=1S/C10H13FN2O5.C10H12N2O4/c1-4-2-13(10(17)12-8(4)16)9-6(11)7(15)5(3-14)18-9;1-6-4-12(10(15)11-9(6)14)8-3-2-7(5-13)16-8/h2,5-7,9,14-15H,3H2,1H3,(H,12,16,17);2-4,7-8,13H,5H2,1H3,(H,11,14,15)/t5-,6+,7-,9-;7-,8+/m00/s1. The Morgan fingerprint density at radius 1 is 0.912 bits per heavy atom. The first-order chi connectivity index (χ1) is 16.1. The van der Waals surface area contributed by atoms with E-state index in [-0.39, 0.29) is 12.2 Å². The summed E-state index contributed by atoms with van der Waals surface area (Å²) in [6.45, 7) is 2.37. The Bertz CT molecular complexity index is 1280. The number of aliphatic hydroxyl groups excluding tert-OH is 3. The van der Waals surface area contributed by atoms with Crippen molar-refractivity contribution in [1.29, 1.82) is 0 Å². The van der Waals surface area contributed by atoms with E-state index in [4.69, 9.17) is 19.7 Å². The van der Waals surface area contributed by atoms with Gasteiger partial charge in [-0.3, -0.25) is 28.7 Å². The number of ether oxygens (including phenoxy) is 2. The predicted octanol–water partition coefficient (Wildman–Crippen LogP) is -2.28. The quantitative estimate of drug-likeness (QED) is 0.298. The maximum Gasteiger partial charge on any atom is 0.330 e. The lowest BCUT2D eigenvalue weighted by atomic mass is 10.1. The van der Waals surface area contributed by atoms with Crippen LogP contribution in [0.5, 0.6) is 0 Å². The highest BCUT2D eigenvalue weighted by Gasteiger charge is 2.45. The van der Waals surface area contributed by atoms with E-state index in [0.717, 1.165) is 10.8 Å². The highest BCUT2D eigenvalue weighted by atomic mass is 19.1. The van der Waals surface area contributed by atoms with E-state index in [1.807, 2.05) is 4.98 Å². The molecule has 1 saturated heterocycles. The van der Waals surface area contributed by atoms with Crippen LogP contribution in [-0.2, 0) is 9.47 Å². The molecule has 0 bridgehead atoms. The number of halogens is 1. The van der Waals surface area contributed by atoms with Crippen LogP contribution in [0, 0.1) is 13.8 Å². The molecule has 0 radical (unpaired) electrons. The van der Waals surface area contributed by atoms with E-state index in [1.165, 1.54) is 17.7 Å². The summed E-state index contributed by atoms with van der Waals surface area (Å²) in [5, 5.41) is 27.2. The summed E-state index contributed by atoms with van der Waals surface area (Å²) in [7, 11) is 0. The van der Waals surface area contributed by atoms with Crippen LogP contribution < -0.4 is 22.5 Å². The van der Waals surface area contributed by atoms with Gasteiger partial charge in [-0.15, -0.1) is 0 Å². The fraction of sp³-hybridized carbons (Fsp3) is 0.500. The van der Waals surface area contributed by atoms with E-state index >= 15 is 0 Å². The first kappa shape index (κ1) is 25.5. The fourth-order valence-corrected chi connectivity index (χ4v) is 3.38. The lowest BCUT2D eigenvalue weighted by molar-refractivity contribution is -0.0492. The van der Waals surface area contributed by atoms with Gasteiger partial charge in [0.2, 0.25) is 0 Å². The zero-order valence-electron chi connectivity index (χ0n) is 18.3. The van der Waals surface area contributed by atoms with Gasteiger partial charge in [0.1, 0.15) is 18.3 Å². The van der Waals surface area contributed by atoms with Crippen molar-refractivity contribution in [1.82, 2.24) is 19.1 Å². The second-order valence-corrected chi connectivity index (χ2v) is 7.77. The van der Waals surface area contributed by atoms with Gasteiger partial charge in [-0.2, -0.15) is 0 Å². The molecule has 4 rings (SSSR count). The van der Waals surface area contributed by atoms with Gasteiger partial charge in [0, 0.05) is 23.5 Å². The molecule has 4 heterocycles. The van der Waals surface area contributed by atoms with Gasteiger partial charge in [0.25, 0.3) is 11.1 Å². The van der Waals surface area contributed by atoms with E-state index in [1.54, 1.807) is 19.1 Å². The topological polar surface area (TPSA) is 189 Å². The van der Waals surface area contributed by atoms with Crippen LogP contribution in [0.4, 0.5) is 4.39 Å². The minimum atomic E-state index is -1.86. The molecule has 0 spiro atoms. The molecule has 2 aliphatic rings. The Morgan fingerprint density at radius 3 is 1.97 bits per heavy atom. The average Bonchev–Trinajstić information content (AvgIpc) is 3.39. The third-order valence-corrected chi connectivity index (χ3v) is 5.30. The van der Waals surface area contributed by atoms with Gasteiger partial charge in [0.15, 0.2) is 18.6 Å². The molecule has 2 aromatic heterocycles. The number of nitrogens with zero attached hydrogens (tertiary/aromatic N) is 2. The SMILES string of the molecule is Cc1cn([C@H]2C=C[C@@H](CO)O2)c(=O)[nH]c1=O.Cc1cn([C@H]2O[C@@H](CO)[C@H](O)[C@H]2F)c(=O)[nH]c1=O. The minimum Gasteiger partial charge on any atom is -0.394 e. The average molecular weight is 484 g/mol. The number of aromatic nitrogens is 4. The largest absolute Gasteiger partial charge is 0.394 e. The van der Waals surface area contributed by atoms with Crippen LogP contribution in [0.15, 0.2) is 43.7 Å². The summed E-state index contributed by atoms with van der Waals surface area (Å²) >= 11 is 0. The van der Waals surface area contributed by atoms with Gasteiger partial charge < -0.3 is 24.8 Å². The van der Waals surface area contributed by atoms with Gasteiger partial charge in [-0.05, 0) is 19.9 Å². The van der Waals surface area contributed by atoms with Crippen molar-refractivity contribution in [3.63, 3.8) is 0 Å². The Balaban J connectivity index is 0.000000192. The molecule has 0 aliphatic carbocycles. The first-order valence-electron chi connectivity index (χ1n) is 10.2. The number of hydrogen-bond donors (Lipinski definition) is 5. The third kappa shape index (κ3) is 5.15. The summed E-state index contributed by atoms with van der Waals surface area (Å²) in [4.78, 5) is 49.6. The Labute approximate surface area is 190 Å². The van der Waals surface area contributed by atoms with Crippen molar-refractivity contribution < 1.29 is 29.2 Å². The zero-order valence-corrected chi connectivity index (χ0v) is 18.3. The summed E-state index contributed by atoms with van der Waals surface area (Å²) in [5.41, 5.74) is -1.67. The summed E-state index contributed by atoms with van der Waals surface area (Å²) in [5.74, 6) is 0. The van der Waals surface area contributed by atoms with Crippen LogP contribution in [0.25, 0.3) is 0 Å². The lowest BCUT2D eigenvalue weighted by Gasteiger charge is -2.15. The van der Waals surface area contributed by atoms with Crippen molar-refractivity contribution in [2.24, 2.45) is 0 Å². The van der Waals surface area contributed by atoms with Gasteiger partial charge in [-0.25, -0.2) is 14.0 Å². The molecule has 0 unspecified atom stereocenters. The van der Waals surface area contributed by atoms with E-state index in [9.17, 15) is 28.7 Å². The highest BCUT2D eigenvalue weighted by Crippen LogP contribution is 2.30. The monoisotopic (exact) mass is 484 g/mol. The molecule has 14 heteroatoms. The molecule has 1 fully saturated rings. The fourth-order valence-electron chi connectivity index (χ4n) is 3.38. The molecule has 0 amide bonds. The molecule has 2 aromatic rings. The van der Waals surface area contributed by atoms with Crippen LogP contribution in [0.2, 0.25) is 0 Å². The normalized spacial score (nSPS) is 28.1. The van der Waals surface area contributed by atoms with E-state index in [2.05, 4.69) is 4.98 Å². The number of nitrogens with one attached hydrogen (secondary N) is 2. The van der Waals surface area contributed by atoms with Crippen molar-refractivity contribution >= 4 is 0 Å². The van der Waals surface area contributed by atoms with Crippen LogP contribution in [-0.4, -0.2) is 72.1 Å². The minimum absolute atomic E-state index is 0.135. The first-order valence-corrected chi connectivity index (χ1v) is 10.2. The number of rotatable bonds is 4. The summed E-state index contributed by atoms with van der Waals surface area (Å²) in [6.07, 6.45) is -0.851. The highest BCUT2D eigenvalue weighted by molar-refractivity contribution is 5.06. The number of H-pyrrole nitrogens is 2. The van der Waals surface area contributed by atoms with Crippen molar-refractivity contribution in [3.05, 3.63) is 77.3 Å². The lowest BCUT2D eigenvalue weighted by Crippen LogP contribution is -2.36. The molecular weight excluding hydrogens is 459 g/mol. The van der Waals surface area contributed by atoms with Crippen molar-refractivity contribution in [3.8, 4) is 0 Å². The van der Waals surface area contributed by atoms with E-state index < -0.39 is 66.0 Å². The van der Waals surface area contributed by atoms with Crippen LogP contribution in [0.3, 0.4) is 0 Å². The molecule has 2 aliphatic heterocycles. The van der Waals surface area contributed by atoms with Gasteiger partial charge >= 0.3 is 11.4 Å². The van der Waals surface area contributed by atoms with Gasteiger partial charge in [0.05, 0.1) is 13.2 Å². The van der Waals surface area contributed by atoms with Crippen LogP contribution in [0.1, 0.15) is 23.6 Å². The Hall–Kier alpha value is -3.17. The van der Waals surface area contributed by atoms with Crippen molar-refractivity contribution in [2.45, 2.75) is 50.8 Å². The smallest absolute Gasteiger partial charge is 0.330 e. The maximum absolute atomic E-state index is 13.8. The number of hydrogen-bond acceptors (Lipinski definition) is 9. The van der Waals surface area contributed by atoms with E-state index in [0.29, 0.717) is 5.56 Å². The molecular formula is C20H25FN4O9. The second kappa shape index (κ2) is 10.4. The molecule has 5 N–H and O–H groups in total. The second-order valence-electron chi connectivity index (χ2n) is 7.77. The zero-order chi connectivity index (χ0) is 25.2. The molecule has 0 aromatic carbocycles. The summed E-state index contributed by atoms with van der Waals surface area (Å²) < 4.78 is 26.3. The number of aryl methyl sites for hydroxylation is 2. The molecule has 186 valence electrons. The third-order valence-electron chi connectivity index (χ3n) is 5.30. The Kier molecular flexibility index (Phi) is 7.78. The molecule has 34 heavy (non-hydrogen) atoms. The molecule has 13 nitrogen and oxygen atoms in total.